The van der Waals surface area contributed by atoms with Crippen molar-refractivity contribution in [2.24, 2.45) is 10.9 Å². The second kappa shape index (κ2) is 5.55. The summed E-state index contributed by atoms with van der Waals surface area (Å²) >= 11 is 0. The van der Waals surface area contributed by atoms with Crippen LogP contribution in [0.3, 0.4) is 0 Å². The smallest absolute Gasteiger partial charge is 0.299 e. The monoisotopic (exact) mass is 300 g/mol. The number of nitrogens with two attached hydrogens (primary N) is 1. The number of hydrogen-bond acceptors (Lipinski definition) is 5. The van der Waals surface area contributed by atoms with Crippen LogP contribution < -0.4 is 19.9 Å². The third-order valence-electron chi connectivity index (χ3n) is 2.77. The van der Waals surface area contributed by atoms with Gasteiger partial charge in [-0.3, -0.25) is 4.72 Å². The first kappa shape index (κ1) is 14.4. The second-order valence-electron chi connectivity index (χ2n) is 4.37. The Labute approximate surface area is 116 Å². The minimum atomic E-state index is -3.74. The number of rotatable bonds is 6. The van der Waals surface area contributed by atoms with Crippen LogP contribution in [0.25, 0.3) is 0 Å². The van der Waals surface area contributed by atoms with Crippen LogP contribution in [0.2, 0.25) is 0 Å². The lowest BCUT2D eigenvalue weighted by Crippen LogP contribution is -2.32. The lowest BCUT2D eigenvalue weighted by molar-refractivity contribution is 0.318. The maximum atomic E-state index is 12.0. The second-order valence-corrected chi connectivity index (χ2v) is 5.81. The average molecular weight is 300 g/mol. The molecule has 2 rings (SSSR count). The molecule has 1 fully saturated rings. The summed E-state index contributed by atoms with van der Waals surface area (Å²) in [6, 6.07) is 4.67. The molecule has 5 N–H and O–H groups in total. The quantitative estimate of drug-likeness (QED) is 0.258. The van der Waals surface area contributed by atoms with Gasteiger partial charge in [-0.25, -0.2) is 0 Å². The van der Waals surface area contributed by atoms with Gasteiger partial charge in [-0.2, -0.15) is 13.1 Å². The van der Waals surface area contributed by atoms with E-state index in [1.54, 1.807) is 12.1 Å². The molecule has 0 spiro atoms. The molecular weight excluding hydrogens is 284 g/mol. The van der Waals surface area contributed by atoms with Gasteiger partial charge in [-0.1, -0.05) is 11.2 Å². The molecule has 0 saturated heterocycles. The first-order valence-corrected chi connectivity index (χ1v) is 7.40. The summed E-state index contributed by atoms with van der Waals surface area (Å²) in [6.07, 6.45) is 1.64. The Morgan fingerprint density at radius 1 is 1.50 bits per heavy atom. The first-order valence-electron chi connectivity index (χ1n) is 5.92. The highest BCUT2D eigenvalue weighted by molar-refractivity contribution is 7.90. The zero-order chi connectivity index (χ0) is 14.8. The molecule has 8 nitrogen and oxygen atoms in total. The van der Waals surface area contributed by atoms with E-state index < -0.39 is 10.2 Å². The van der Waals surface area contributed by atoms with E-state index in [0.717, 1.165) is 12.8 Å². The largest absolute Gasteiger partial charge is 0.495 e. The number of amidine groups is 1. The van der Waals surface area contributed by atoms with E-state index in [9.17, 15) is 8.42 Å². The molecule has 1 aliphatic rings. The SMILES string of the molecule is COc1cccc(/C(N)=N/O)c1NS(=O)(=O)NC1CC1. The number of hydrogen-bond donors (Lipinski definition) is 4. The summed E-state index contributed by atoms with van der Waals surface area (Å²) in [7, 11) is -2.34. The predicted molar refractivity (Wildman–Crippen MR) is 74.2 cm³/mol. The van der Waals surface area contributed by atoms with Crippen molar-refractivity contribution in [3.8, 4) is 5.75 Å². The standard InChI is InChI=1S/C11H16N4O4S/c1-19-9-4-2-3-8(11(12)13-16)10(9)15-20(17,18)14-7-5-6-7/h2-4,7,14-16H,5-6H2,1H3,(H2,12,13). The number of methoxy groups -OCH3 is 1. The molecule has 0 atom stereocenters. The average Bonchev–Trinajstić information content (AvgIpc) is 3.20. The van der Waals surface area contributed by atoms with Crippen molar-refractivity contribution in [3.05, 3.63) is 23.8 Å². The molecule has 0 aromatic heterocycles. The molecule has 0 amide bonds. The molecule has 1 saturated carbocycles. The molecule has 1 aliphatic carbocycles. The van der Waals surface area contributed by atoms with E-state index in [0.29, 0.717) is 0 Å². The molecular formula is C11H16N4O4S. The van der Waals surface area contributed by atoms with Crippen LogP contribution in [0, 0.1) is 0 Å². The highest BCUT2D eigenvalue weighted by Gasteiger charge is 2.28. The van der Waals surface area contributed by atoms with E-state index in [2.05, 4.69) is 14.6 Å². The summed E-state index contributed by atoms with van der Waals surface area (Å²) in [4.78, 5) is 0. The molecule has 20 heavy (non-hydrogen) atoms. The van der Waals surface area contributed by atoms with Gasteiger partial charge in [0.25, 0.3) is 10.2 Å². The Morgan fingerprint density at radius 3 is 2.75 bits per heavy atom. The van der Waals surface area contributed by atoms with Gasteiger partial charge in [0.1, 0.15) is 11.4 Å². The maximum Gasteiger partial charge on any atom is 0.299 e. The van der Waals surface area contributed by atoms with Gasteiger partial charge in [0.05, 0.1) is 7.11 Å². The fourth-order valence-electron chi connectivity index (χ4n) is 1.66. The van der Waals surface area contributed by atoms with Crippen LogP contribution in [0.1, 0.15) is 18.4 Å². The molecule has 110 valence electrons. The van der Waals surface area contributed by atoms with Crippen molar-refractivity contribution in [2.75, 3.05) is 11.8 Å². The predicted octanol–water partition coefficient (Wildman–Crippen LogP) is 0.198. The summed E-state index contributed by atoms with van der Waals surface area (Å²) in [5.41, 5.74) is 5.89. The molecule has 0 unspecified atom stereocenters. The van der Waals surface area contributed by atoms with Gasteiger partial charge in [0.2, 0.25) is 0 Å². The fraction of sp³-hybridized carbons (Fsp3) is 0.364. The Morgan fingerprint density at radius 2 is 2.20 bits per heavy atom. The molecule has 0 radical (unpaired) electrons. The molecule has 0 heterocycles. The van der Waals surface area contributed by atoms with E-state index >= 15 is 0 Å². The number of ether oxygens (including phenoxy) is 1. The normalized spacial score (nSPS) is 15.9. The van der Waals surface area contributed by atoms with Gasteiger partial charge in [-0.15, -0.1) is 0 Å². The van der Waals surface area contributed by atoms with Crippen LogP contribution >= 0.6 is 0 Å². The number of nitrogens with zero attached hydrogens (tertiary/aromatic N) is 1. The van der Waals surface area contributed by atoms with Crippen molar-refractivity contribution in [2.45, 2.75) is 18.9 Å². The summed E-state index contributed by atoms with van der Waals surface area (Å²) < 4.78 is 33.9. The van der Waals surface area contributed by atoms with Gasteiger partial charge in [0.15, 0.2) is 5.84 Å². The highest BCUT2D eigenvalue weighted by atomic mass is 32.2. The van der Waals surface area contributed by atoms with Gasteiger partial charge in [-0.05, 0) is 25.0 Å². The van der Waals surface area contributed by atoms with Crippen molar-refractivity contribution in [3.63, 3.8) is 0 Å². The topological polar surface area (TPSA) is 126 Å². The van der Waals surface area contributed by atoms with Crippen LogP contribution in [0.15, 0.2) is 23.4 Å². The maximum absolute atomic E-state index is 12.0. The minimum absolute atomic E-state index is 0.0329. The number of benzene rings is 1. The summed E-state index contributed by atoms with van der Waals surface area (Å²) in [5.74, 6) is 0.0586. The fourth-order valence-corrected chi connectivity index (χ4v) is 2.87. The number of anilines is 1. The van der Waals surface area contributed by atoms with Crippen LogP contribution in [-0.2, 0) is 10.2 Å². The minimum Gasteiger partial charge on any atom is -0.495 e. The molecule has 1 aromatic rings. The lowest BCUT2D eigenvalue weighted by Gasteiger charge is -2.15. The molecule has 1 aromatic carbocycles. The molecule has 0 bridgehead atoms. The van der Waals surface area contributed by atoms with Crippen LogP contribution in [0.5, 0.6) is 5.75 Å². The lowest BCUT2D eigenvalue weighted by atomic mass is 10.1. The molecule has 9 heteroatoms. The Kier molecular flexibility index (Phi) is 4.00. The van der Waals surface area contributed by atoms with Crippen molar-refractivity contribution in [1.29, 1.82) is 0 Å². The van der Waals surface area contributed by atoms with Crippen molar-refractivity contribution < 1.29 is 18.4 Å². The van der Waals surface area contributed by atoms with E-state index in [1.165, 1.54) is 13.2 Å². The summed E-state index contributed by atoms with van der Waals surface area (Å²) in [5, 5.41) is 11.6. The van der Waals surface area contributed by atoms with Gasteiger partial charge < -0.3 is 15.7 Å². The number of para-hydroxylation sites is 1. The van der Waals surface area contributed by atoms with Crippen LogP contribution in [-0.4, -0.2) is 32.6 Å². The van der Waals surface area contributed by atoms with Gasteiger partial charge >= 0.3 is 0 Å². The first-order chi connectivity index (χ1) is 9.46. The number of nitrogens with one attached hydrogen (secondary N) is 2. The van der Waals surface area contributed by atoms with Crippen molar-refractivity contribution in [1.82, 2.24) is 4.72 Å². The van der Waals surface area contributed by atoms with Crippen molar-refractivity contribution >= 4 is 21.7 Å². The zero-order valence-corrected chi connectivity index (χ0v) is 11.6. The van der Waals surface area contributed by atoms with E-state index in [4.69, 9.17) is 15.7 Å². The van der Waals surface area contributed by atoms with Gasteiger partial charge in [0, 0.05) is 11.6 Å². The Hall–Kier alpha value is -2.00. The van der Waals surface area contributed by atoms with E-state index in [1.807, 2.05) is 0 Å². The highest BCUT2D eigenvalue weighted by Crippen LogP contribution is 2.29. The Bertz CT molecular complexity index is 625. The zero-order valence-electron chi connectivity index (χ0n) is 10.8. The van der Waals surface area contributed by atoms with E-state index in [-0.39, 0.29) is 28.9 Å². The third-order valence-corrected chi connectivity index (χ3v) is 3.88. The third kappa shape index (κ3) is 3.31. The summed E-state index contributed by atoms with van der Waals surface area (Å²) in [6.45, 7) is 0. The van der Waals surface area contributed by atoms with Crippen LogP contribution in [0.4, 0.5) is 5.69 Å². The number of oxime groups is 1. The Balaban J connectivity index is 2.37. The molecule has 0 aliphatic heterocycles.